The number of primary amides is 1. The maximum Gasteiger partial charge on any atom is 0.312 e. The first-order valence-corrected chi connectivity index (χ1v) is 6.45. The topological polar surface area (TPSA) is 109 Å². The van der Waals surface area contributed by atoms with Crippen LogP contribution in [0.1, 0.15) is 35.8 Å². The van der Waals surface area contributed by atoms with Gasteiger partial charge in [-0.2, -0.15) is 0 Å². The van der Waals surface area contributed by atoms with Crippen molar-refractivity contribution < 1.29 is 9.59 Å². The molecule has 1 aromatic heterocycles. The molecule has 0 unspecified atom stereocenters. The van der Waals surface area contributed by atoms with E-state index in [-0.39, 0.29) is 11.8 Å². The Labute approximate surface area is 118 Å². The van der Waals surface area contributed by atoms with Gasteiger partial charge in [-0.1, -0.05) is 13.8 Å². The molecule has 20 heavy (non-hydrogen) atoms. The van der Waals surface area contributed by atoms with Gasteiger partial charge in [0.2, 0.25) is 0 Å². The number of hydrogen-bond acceptors (Lipinski definition) is 4. The van der Waals surface area contributed by atoms with Gasteiger partial charge in [-0.15, -0.1) is 0 Å². The zero-order chi connectivity index (χ0) is 15.1. The number of nitrogens with two attached hydrogens (primary N) is 1. The molecule has 0 spiro atoms. The standard InChI is InChI=1S/C13H21N5O2/c1-8(2)10-6-9(7-11(15-3)18-10)12(19)16-4-5-17-13(14)20/h6-8H,4-5H2,1-3H3,(H,15,18)(H,16,19)(H3,14,17,20). The lowest BCUT2D eigenvalue weighted by molar-refractivity contribution is 0.0953. The minimum Gasteiger partial charge on any atom is -0.373 e. The van der Waals surface area contributed by atoms with Crippen LogP contribution in [0.5, 0.6) is 0 Å². The third kappa shape index (κ3) is 4.75. The SMILES string of the molecule is CNc1cc(C(=O)NCCNC(N)=O)cc(C(C)C)n1. The number of aromatic nitrogens is 1. The van der Waals surface area contributed by atoms with Gasteiger partial charge in [-0.05, 0) is 18.1 Å². The molecular formula is C13H21N5O2. The number of rotatable bonds is 6. The van der Waals surface area contributed by atoms with E-state index >= 15 is 0 Å². The fourth-order valence-corrected chi connectivity index (χ4v) is 1.57. The van der Waals surface area contributed by atoms with Crippen LogP contribution >= 0.6 is 0 Å². The summed E-state index contributed by atoms with van der Waals surface area (Å²) >= 11 is 0. The van der Waals surface area contributed by atoms with E-state index in [2.05, 4.69) is 20.9 Å². The van der Waals surface area contributed by atoms with E-state index in [0.717, 1.165) is 5.69 Å². The number of pyridine rings is 1. The van der Waals surface area contributed by atoms with Gasteiger partial charge in [-0.3, -0.25) is 4.79 Å². The molecule has 0 saturated carbocycles. The van der Waals surface area contributed by atoms with Gasteiger partial charge in [0.1, 0.15) is 5.82 Å². The van der Waals surface area contributed by atoms with Crippen molar-refractivity contribution in [3.8, 4) is 0 Å². The highest BCUT2D eigenvalue weighted by atomic mass is 16.2. The molecule has 0 radical (unpaired) electrons. The molecule has 0 aromatic carbocycles. The van der Waals surface area contributed by atoms with E-state index in [1.165, 1.54) is 0 Å². The van der Waals surface area contributed by atoms with Crippen LogP contribution in [0.15, 0.2) is 12.1 Å². The quantitative estimate of drug-likeness (QED) is 0.573. The molecule has 1 rings (SSSR count). The highest BCUT2D eigenvalue weighted by Crippen LogP contribution is 2.17. The predicted octanol–water partition coefficient (Wildman–Crippen LogP) is 0.645. The first-order valence-electron chi connectivity index (χ1n) is 6.45. The van der Waals surface area contributed by atoms with Crippen LogP contribution in [0, 0.1) is 0 Å². The number of urea groups is 1. The summed E-state index contributed by atoms with van der Waals surface area (Å²) in [6, 6.07) is 2.84. The number of hydrogen-bond donors (Lipinski definition) is 4. The Kier molecular flexibility index (Phi) is 5.76. The molecular weight excluding hydrogens is 258 g/mol. The normalized spacial score (nSPS) is 10.2. The van der Waals surface area contributed by atoms with Crippen molar-refractivity contribution in [3.63, 3.8) is 0 Å². The Morgan fingerprint density at radius 2 is 1.90 bits per heavy atom. The molecule has 0 aliphatic carbocycles. The van der Waals surface area contributed by atoms with E-state index in [9.17, 15) is 9.59 Å². The average molecular weight is 279 g/mol. The van der Waals surface area contributed by atoms with E-state index < -0.39 is 6.03 Å². The molecule has 7 nitrogen and oxygen atoms in total. The molecule has 0 fully saturated rings. The second-order valence-electron chi connectivity index (χ2n) is 4.62. The molecule has 3 amide bonds. The predicted molar refractivity (Wildman–Crippen MR) is 77.8 cm³/mol. The molecule has 5 N–H and O–H groups in total. The van der Waals surface area contributed by atoms with Gasteiger partial charge < -0.3 is 21.7 Å². The summed E-state index contributed by atoms with van der Waals surface area (Å²) < 4.78 is 0. The molecule has 0 atom stereocenters. The Hall–Kier alpha value is -2.31. The summed E-state index contributed by atoms with van der Waals surface area (Å²) in [7, 11) is 1.75. The van der Waals surface area contributed by atoms with Crippen LogP contribution in [-0.2, 0) is 0 Å². The van der Waals surface area contributed by atoms with E-state index in [1.54, 1.807) is 19.2 Å². The van der Waals surface area contributed by atoms with Crippen molar-refractivity contribution in [2.24, 2.45) is 5.73 Å². The first-order chi connectivity index (χ1) is 9.43. The second-order valence-corrected chi connectivity index (χ2v) is 4.62. The number of nitrogens with one attached hydrogen (secondary N) is 3. The lowest BCUT2D eigenvalue weighted by Gasteiger charge is -2.11. The number of carbonyl (C=O) groups is 2. The van der Waals surface area contributed by atoms with Gasteiger partial charge in [-0.25, -0.2) is 9.78 Å². The lowest BCUT2D eigenvalue weighted by atomic mass is 10.1. The van der Waals surface area contributed by atoms with Crippen molar-refractivity contribution in [1.29, 1.82) is 0 Å². The summed E-state index contributed by atoms with van der Waals surface area (Å²) in [5, 5.41) is 8.05. The zero-order valence-corrected chi connectivity index (χ0v) is 12.0. The van der Waals surface area contributed by atoms with Crippen molar-refractivity contribution >= 4 is 17.8 Å². The van der Waals surface area contributed by atoms with E-state index in [0.29, 0.717) is 24.5 Å². The van der Waals surface area contributed by atoms with Gasteiger partial charge in [0, 0.05) is 31.4 Å². The van der Waals surface area contributed by atoms with Crippen molar-refractivity contribution in [2.75, 3.05) is 25.5 Å². The number of carbonyl (C=O) groups excluding carboxylic acids is 2. The monoisotopic (exact) mass is 279 g/mol. The van der Waals surface area contributed by atoms with Crippen molar-refractivity contribution in [1.82, 2.24) is 15.6 Å². The van der Waals surface area contributed by atoms with Gasteiger partial charge >= 0.3 is 6.03 Å². The summed E-state index contributed by atoms with van der Waals surface area (Å²) in [5.74, 6) is 0.667. The number of amides is 3. The first kappa shape index (κ1) is 15.7. The third-order valence-corrected chi connectivity index (χ3v) is 2.66. The highest BCUT2D eigenvalue weighted by molar-refractivity contribution is 5.95. The van der Waals surface area contributed by atoms with Crippen LogP contribution in [0.4, 0.5) is 10.6 Å². The highest BCUT2D eigenvalue weighted by Gasteiger charge is 2.11. The number of nitrogens with zero attached hydrogens (tertiary/aromatic N) is 1. The van der Waals surface area contributed by atoms with Gasteiger partial charge in [0.05, 0.1) is 0 Å². The van der Waals surface area contributed by atoms with Crippen LogP contribution in [0.3, 0.4) is 0 Å². The van der Waals surface area contributed by atoms with E-state index in [1.807, 2.05) is 13.8 Å². The van der Waals surface area contributed by atoms with Crippen LogP contribution < -0.4 is 21.7 Å². The largest absolute Gasteiger partial charge is 0.373 e. The average Bonchev–Trinajstić information content (AvgIpc) is 2.42. The van der Waals surface area contributed by atoms with E-state index in [4.69, 9.17) is 5.73 Å². The fraction of sp³-hybridized carbons (Fsp3) is 0.462. The molecule has 1 aromatic rings. The molecule has 0 aliphatic heterocycles. The Morgan fingerprint density at radius 1 is 1.25 bits per heavy atom. The minimum atomic E-state index is -0.609. The molecule has 0 saturated heterocycles. The molecule has 1 heterocycles. The summed E-state index contributed by atoms with van der Waals surface area (Å²) in [5.41, 5.74) is 6.31. The summed E-state index contributed by atoms with van der Waals surface area (Å²) in [4.78, 5) is 26.9. The van der Waals surface area contributed by atoms with Crippen LogP contribution in [0.2, 0.25) is 0 Å². The Morgan fingerprint density at radius 3 is 2.45 bits per heavy atom. The maximum atomic E-state index is 12.0. The van der Waals surface area contributed by atoms with Gasteiger partial charge in [0.25, 0.3) is 5.91 Å². The minimum absolute atomic E-state index is 0.211. The molecule has 110 valence electrons. The number of anilines is 1. The molecule has 0 aliphatic rings. The zero-order valence-electron chi connectivity index (χ0n) is 12.0. The lowest BCUT2D eigenvalue weighted by Crippen LogP contribution is -2.37. The molecule has 0 bridgehead atoms. The third-order valence-electron chi connectivity index (χ3n) is 2.66. The van der Waals surface area contributed by atoms with Crippen molar-refractivity contribution in [2.45, 2.75) is 19.8 Å². The summed E-state index contributed by atoms with van der Waals surface area (Å²) in [6.45, 7) is 4.64. The second kappa shape index (κ2) is 7.32. The van der Waals surface area contributed by atoms with Gasteiger partial charge in [0.15, 0.2) is 0 Å². The smallest absolute Gasteiger partial charge is 0.312 e. The van der Waals surface area contributed by atoms with Crippen LogP contribution in [0.25, 0.3) is 0 Å². The fourth-order valence-electron chi connectivity index (χ4n) is 1.57. The Balaban J connectivity index is 2.71. The Bertz CT molecular complexity index is 488. The van der Waals surface area contributed by atoms with Crippen LogP contribution in [-0.4, -0.2) is 37.1 Å². The summed E-state index contributed by atoms with van der Waals surface area (Å²) in [6.07, 6.45) is 0. The maximum absolute atomic E-state index is 12.0. The van der Waals surface area contributed by atoms with Crippen molar-refractivity contribution in [3.05, 3.63) is 23.4 Å². The molecule has 7 heteroatoms.